The number of ether oxygens (including phenoxy) is 4. The molecule has 0 spiro atoms. The highest BCUT2D eigenvalue weighted by molar-refractivity contribution is 6.76. The van der Waals surface area contributed by atoms with E-state index in [2.05, 4.69) is 32.7 Å². The predicted octanol–water partition coefficient (Wildman–Crippen LogP) is 2.94. The summed E-state index contributed by atoms with van der Waals surface area (Å²) in [6.45, 7) is 12.3. The maximum Gasteiger partial charge on any atom is 0.338 e. The van der Waals surface area contributed by atoms with E-state index >= 15 is 0 Å². The molecule has 0 amide bonds. The molecule has 0 heterocycles. The Hall–Kier alpha value is -1.49. The van der Waals surface area contributed by atoms with Gasteiger partial charge in [0.1, 0.15) is 13.2 Å². The van der Waals surface area contributed by atoms with Crippen LogP contribution < -0.4 is 0 Å². The van der Waals surface area contributed by atoms with Gasteiger partial charge in [-0.2, -0.15) is 0 Å². The number of rotatable bonds is 12. The number of benzene rings is 1. The third-order valence-electron chi connectivity index (χ3n) is 3.26. The second-order valence-corrected chi connectivity index (χ2v) is 16.5. The van der Waals surface area contributed by atoms with Crippen LogP contribution in [-0.4, -0.2) is 67.7 Å². The van der Waals surface area contributed by atoms with Gasteiger partial charge in [0.25, 0.3) is 0 Å². The minimum absolute atomic E-state index is 0.215. The Labute approximate surface area is 164 Å². The Morgan fingerprint density at radius 1 is 0.815 bits per heavy atom. The molecule has 1 rings (SSSR count). The van der Waals surface area contributed by atoms with Crippen LogP contribution in [-0.2, 0) is 18.9 Å². The molecule has 8 heteroatoms. The molecule has 1 aromatic carbocycles. The molecule has 0 aromatic heterocycles. The predicted molar refractivity (Wildman–Crippen MR) is 111 cm³/mol. The molecule has 1 aromatic rings. The van der Waals surface area contributed by atoms with Crippen molar-refractivity contribution in [1.82, 2.24) is 0 Å². The summed E-state index contributed by atoms with van der Waals surface area (Å²) in [5, 5.41) is 0. The van der Waals surface area contributed by atoms with Gasteiger partial charge in [-0.15, -0.1) is 0 Å². The molecule has 0 bridgehead atoms. The number of carbonyl (C=O) groups excluding carboxylic acids is 2. The molecule has 0 atom stereocenters. The molecule has 0 N–H and O–H groups in total. The molecular formula is C19H32O6Si2. The zero-order chi connectivity index (χ0) is 20.3. The lowest BCUT2D eigenvalue weighted by molar-refractivity contribution is 0.0355. The molecule has 0 saturated carbocycles. The van der Waals surface area contributed by atoms with E-state index in [0.29, 0.717) is 24.3 Å². The van der Waals surface area contributed by atoms with Crippen molar-refractivity contribution < 1.29 is 28.5 Å². The molecule has 0 saturated heterocycles. The van der Waals surface area contributed by atoms with E-state index in [9.17, 15) is 9.59 Å². The smallest absolute Gasteiger partial charge is 0.338 e. The fraction of sp³-hybridized carbons (Fsp3) is 0.579. The van der Waals surface area contributed by atoms with Gasteiger partial charge in [0.15, 0.2) is 0 Å². The maximum absolute atomic E-state index is 12.0. The van der Waals surface area contributed by atoms with E-state index in [4.69, 9.17) is 18.9 Å². The van der Waals surface area contributed by atoms with Crippen LogP contribution in [0.2, 0.25) is 32.7 Å². The molecule has 27 heavy (non-hydrogen) atoms. The number of carbonyl (C=O) groups is 2. The summed E-state index contributed by atoms with van der Waals surface area (Å²) >= 11 is 0. The van der Waals surface area contributed by atoms with Crippen molar-refractivity contribution in [3.63, 3.8) is 0 Å². The minimum Gasteiger partial charge on any atom is -0.460 e. The maximum atomic E-state index is 12.0. The fourth-order valence-corrected chi connectivity index (χ4v) is 3.39. The summed E-state index contributed by atoms with van der Waals surface area (Å²) in [6, 6.07) is 6.23. The largest absolute Gasteiger partial charge is 0.460 e. The molecule has 0 unspecified atom stereocenters. The molecule has 0 aliphatic carbocycles. The van der Waals surface area contributed by atoms with Crippen molar-refractivity contribution in [2.24, 2.45) is 0 Å². The Bertz CT molecular complexity index is 581. The second-order valence-electron chi connectivity index (χ2n) is 7.93. The molecule has 0 aliphatic rings. The zero-order valence-corrected chi connectivity index (χ0v) is 19.2. The first-order valence-electron chi connectivity index (χ1n) is 9.29. The Morgan fingerprint density at radius 2 is 1.26 bits per heavy atom. The normalized spacial score (nSPS) is 11.5. The van der Waals surface area contributed by atoms with E-state index in [-0.39, 0.29) is 13.2 Å². The molecule has 152 valence electrons. The van der Waals surface area contributed by atoms with Crippen LogP contribution >= 0.6 is 0 Å². The van der Waals surface area contributed by atoms with Crippen LogP contribution in [0.15, 0.2) is 24.3 Å². The summed E-state index contributed by atoms with van der Waals surface area (Å²) in [5.74, 6) is -0.863. The van der Waals surface area contributed by atoms with Crippen LogP contribution in [0.4, 0.5) is 0 Å². The highest BCUT2D eigenvalue weighted by Crippen LogP contribution is 2.08. The number of hydrogen-bond donors (Lipinski definition) is 0. The standard InChI is InChI=1S/C19H32O6Si2/c1-26(2)14-22-10-12-24-18(20)16-6-8-17(9-7-16)19(21)25-13-11-23-15-27(3,4)5/h6-9,26H,10-15H2,1-5H3. The minimum atomic E-state index is -1.25. The molecular weight excluding hydrogens is 380 g/mol. The van der Waals surface area contributed by atoms with Crippen molar-refractivity contribution in [2.75, 3.05) is 38.9 Å². The second kappa shape index (κ2) is 12.1. The van der Waals surface area contributed by atoms with Crippen LogP contribution in [0.1, 0.15) is 20.7 Å². The Kier molecular flexibility index (Phi) is 10.5. The number of esters is 2. The van der Waals surface area contributed by atoms with Crippen LogP contribution in [0.5, 0.6) is 0 Å². The van der Waals surface area contributed by atoms with Crippen molar-refractivity contribution in [3.8, 4) is 0 Å². The lowest BCUT2D eigenvalue weighted by Crippen LogP contribution is -2.29. The summed E-state index contributed by atoms with van der Waals surface area (Å²) in [7, 11) is -1.99. The lowest BCUT2D eigenvalue weighted by Gasteiger charge is -2.15. The first-order chi connectivity index (χ1) is 12.7. The molecule has 0 aliphatic heterocycles. The van der Waals surface area contributed by atoms with Crippen molar-refractivity contribution in [1.29, 1.82) is 0 Å². The molecule has 6 nitrogen and oxygen atoms in total. The van der Waals surface area contributed by atoms with Crippen molar-refractivity contribution in [2.45, 2.75) is 32.7 Å². The van der Waals surface area contributed by atoms with Crippen LogP contribution in [0.3, 0.4) is 0 Å². The summed E-state index contributed by atoms with van der Waals surface area (Å²) < 4.78 is 21.3. The summed E-state index contributed by atoms with van der Waals surface area (Å²) in [4.78, 5) is 23.9. The van der Waals surface area contributed by atoms with Gasteiger partial charge in [-0.1, -0.05) is 32.7 Å². The van der Waals surface area contributed by atoms with Crippen LogP contribution in [0.25, 0.3) is 0 Å². The lowest BCUT2D eigenvalue weighted by atomic mass is 10.1. The zero-order valence-electron chi connectivity index (χ0n) is 17.1. The quantitative estimate of drug-likeness (QED) is 0.299. The van der Waals surface area contributed by atoms with Gasteiger partial charge < -0.3 is 18.9 Å². The highest BCUT2D eigenvalue weighted by Gasteiger charge is 2.14. The first kappa shape index (κ1) is 23.6. The third kappa shape index (κ3) is 11.1. The summed E-state index contributed by atoms with van der Waals surface area (Å²) in [6.07, 6.45) is 1.52. The average Bonchev–Trinajstić information content (AvgIpc) is 2.59. The van der Waals surface area contributed by atoms with Gasteiger partial charge in [0.2, 0.25) is 0 Å². The van der Waals surface area contributed by atoms with Gasteiger partial charge in [0, 0.05) is 12.5 Å². The summed E-state index contributed by atoms with van der Waals surface area (Å²) in [5.41, 5.74) is 0.783. The third-order valence-corrected chi connectivity index (χ3v) is 5.24. The van der Waals surface area contributed by atoms with Gasteiger partial charge in [0.05, 0.1) is 41.2 Å². The number of hydrogen-bond acceptors (Lipinski definition) is 6. The van der Waals surface area contributed by atoms with Gasteiger partial charge >= 0.3 is 11.9 Å². The SMILES string of the molecule is C[SiH](C)COCCOC(=O)c1ccc(C(=O)OCCOC[Si](C)(C)C)cc1. The van der Waals surface area contributed by atoms with E-state index < -0.39 is 28.8 Å². The Balaban J connectivity index is 2.31. The van der Waals surface area contributed by atoms with Crippen molar-refractivity contribution >= 4 is 28.8 Å². The first-order valence-corrected chi connectivity index (χ1v) is 16.1. The fourth-order valence-electron chi connectivity index (χ4n) is 1.99. The highest BCUT2D eigenvalue weighted by atomic mass is 28.3. The van der Waals surface area contributed by atoms with E-state index in [0.717, 1.165) is 12.5 Å². The monoisotopic (exact) mass is 412 g/mol. The van der Waals surface area contributed by atoms with E-state index in [1.807, 2.05) is 0 Å². The van der Waals surface area contributed by atoms with Crippen LogP contribution in [0, 0.1) is 0 Å². The van der Waals surface area contributed by atoms with Gasteiger partial charge in [-0.3, -0.25) is 0 Å². The molecule has 0 radical (unpaired) electrons. The van der Waals surface area contributed by atoms with Crippen molar-refractivity contribution in [3.05, 3.63) is 35.4 Å². The Morgan fingerprint density at radius 3 is 1.67 bits per heavy atom. The average molecular weight is 413 g/mol. The topological polar surface area (TPSA) is 71.1 Å². The van der Waals surface area contributed by atoms with E-state index in [1.165, 1.54) is 0 Å². The van der Waals surface area contributed by atoms with Gasteiger partial charge in [-0.05, 0) is 24.3 Å². The molecule has 0 fully saturated rings. The van der Waals surface area contributed by atoms with Gasteiger partial charge in [-0.25, -0.2) is 9.59 Å². The van der Waals surface area contributed by atoms with E-state index in [1.54, 1.807) is 24.3 Å².